The standard InChI is InChI=1S/C18H21N5O6S/c1-4-21(5-2)30(28,29)16-9-10-17(18(12-16)23(26)27)20-19-13(3)14-7-6-8-15(11-14)22(24)25/h6-12,20H,4-5H2,1-3H3/b19-13+. The van der Waals surface area contributed by atoms with Crippen LogP contribution in [0.1, 0.15) is 26.3 Å². The van der Waals surface area contributed by atoms with Crippen LogP contribution in [0.4, 0.5) is 17.1 Å². The molecule has 0 unspecified atom stereocenters. The molecule has 2 aromatic rings. The summed E-state index contributed by atoms with van der Waals surface area (Å²) in [7, 11) is -3.86. The molecule has 2 aromatic carbocycles. The number of nitrogens with zero attached hydrogens (tertiary/aromatic N) is 4. The third-order valence-electron chi connectivity index (χ3n) is 4.33. The molecule has 0 aliphatic rings. The molecule has 0 saturated carbocycles. The highest BCUT2D eigenvalue weighted by Gasteiger charge is 2.25. The van der Waals surface area contributed by atoms with Gasteiger partial charge in [0.15, 0.2) is 0 Å². The van der Waals surface area contributed by atoms with Crippen LogP contribution in [0.3, 0.4) is 0 Å². The number of benzene rings is 2. The summed E-state index contributed by atoms with van der Waals surface area (Å²) in [6.07, 6.45) is 0. The minimum absolute atomic E-state index is 0.0109. The van der Waals surface area contributed by atoms with Gasteiger partial charge in [-0.1, -0.05) is 26.0 Å². The van der Waals surface area contributed by atoms with E-state index in [1.54, 1.807) is 26.8 Å². The predicted molar refractivity (Wildman–Crippen MR) is 112 cm³/mol. The highest BCUT2D eigenvalue weighted by Crippen LogP contribution is 2.29. The van der Waals surface area contributed by atoms with E-state index in [4.69, 9.17) is 0 Å². The van der Waals surface area contributed by atoms with Gasteiger partial charge < -0.3 is 0 Å². The number of sulfonamides is 1. The summed E-state index contributed by atoms with van der Waals surface area (Å²) < 4.78 is 26.4. The van der Waals surface area contributed by atoms with E-state index in [1.165, 1.54) is 34.6 Å². The van der Waals surface area contributed by atoms with Gasteiger partial charge in [0.05, 0.1) is 20.5 Å². The molecule has 0 aliphatic heterocycles. The Morgan fingerprint density at radius 3 is 2.30 bits per heavy atom. The smallest absolute Gasteiger partial charge is 0.271 e. The van der Waals surface area contributed by atoms with Crippen molar-refractivity contribution in [1.82, 2.24) is 4.31 Å². The summed E-state index contributed by atoms with van der Waals surface area (Å²) in [6, 6.07) is 9.29. The van der Waals surface area contributed by atoms with Crippen LogP contribution in [-0.2, 0) is 10.0 Å². The number of nitro benzene ring substituents is 2. The molecule has 0 fully saturated rings. The molecular formula is C18H21N5O6S. The van der Waals surface area contributed by atoms with E-state index >= 15 is 0 Å². The second-order valence-electron chi connectivity index (χ2n) is 6.14. The van der Waals surface area contributed by atoms with Crippen molar-refractivity contribution in [2.75, 3.05) is 18.5 Å². The van der Waals surface area contributed by atoms with Crippen LogP contribution < -0.4 is 5.43 Å². The van der Waals surface area contributed by atoms with Crippen molar-refractivity contribution in [2.45, 2.75) is 25.7 Å². The summed E-state index contributed by atoms with van der Waals surface area (Å²) in [4.78, 5) is 20.9. The molecule has 0 bridgehead atoms. The van der Waals surface area contributed by atoms with Crippen LogP contribution in [0.2, 0.25) is 0 Å². The Hall–Kier alpha value is -3.38. The summed E-state index contributed by atoms with van der Waals surface area (Å²) >= 11 is 0. The van der Waals surface area contributed by atoms with Gasteiger partial charge in [0.25, 0.3) is 11.4 Å². The van der Waals surface area contributed by atoms with Crippen molar-refractivity contribution < 1.29 is 18.3 Å². The second-order valence-corrected chi connectivity index (χ2v) is 8.08. The van der Waals surface area contributed by atoms with Crippen molar-refractivity contribution in [3.63, 3.8) is 0 Å². The topological polar surface area (TPSA) is 148 Å². The lowest BCUT2D eigenvalue weighted by Crippen LogP contribution is -2.30. The molecule has 0 spiro atoms. The maximum atomic E-state index is 12.6. The Labute approximate surface area is 173 Å². The molecule has 2 rings (SSSR count). The Balaban J connectivity index is 2.39. The molecule has 30 heavy (non-hydrogen) atoms. The maximum Gasteiger partial charge on any atom is 0.295 e. The molecule has 0 heterocycles. The Morgan fingerprint density at radius 2 is 1.73 bits per heavy atom. The fourth-order valence-corrected chi connectivity index (χ4v) is 4.16. The normalized spacial score (nSPS) is 12.1. The van der Waals surface area contributed by atoms with Gasteiger partial charge in [-0.3, -0.25) is 25.7 Å². The first kappa shape index (κ1) is 22.9. The van der Waals surface area contributed by atoms with Gasteiger partial charge in [0.1, 0.15) is 5.69 Å². The number of rotatable bonds is 9. The van der Waals surface area contributed by atoms with Crippen molar-refractivity contribution >= 4 is 32.8 Å². The van der Waals surface area contributed by atoms with Crippen LogP contribution in [0.5, 0.6) is 0 Å². The van der Waals surface area contributed by atoms with E-state index in [-0.39, 0.29) is 29.4 Å². The molecule has 0 atom stereocenters. The Kier molecular flexibility index (Phi) is 7.19. The number of anilines is 1. The maximum absolute atomic E-state index is 12.6. The molecule has 0 amide bonds. The third kappa shape index (κ3) is 4.96. The van der Waals surface area contributed by atoms with Crippen molar-refractivity contribution in [1.29, 1.82) is 0 Å². The fraction of sp³-hybridized carbons (Fsp3) is 0.278. The van der Waals surface area contributed by atoms with Gasteiger partial charge >= 0.3 is 0 Å². The number of nitro groups is 2. The zero-order valence-corrected chi connectivity index (χ0v) is 17.4. The highest BCUT2D eigenvalue weighted by atomic mass is 32.2. The molecule has 1 N–H and O–H groups in total. The van der Waals surface area contributed by atoms with Gasteiger partial charge in [0.2, 0.25) is 10.0 Å². The van der Waals surface area contributed by atoms with Crippen LogP contribution in [0, 0.1) is 20.2 Å². The van der Waals surface area contributed by atoms with Gasteiger partial charge in [-0.25, -0.2) is 8.42 Å². The van der Waals surface area contributed by atoms with Crippen molar-refractivity contribution in [3.05, 3.63) is 68.3 Å². The van der Waals surface area contributed by atoms with Gasteiger partial charge in [-0.2, -0.15) is 9.41 Å². The van der Waals surface area contributed by atoms with E-state index in [2.05, 4.69) is 10.5 Å². The van der Waals surface area contributed by atoms with E-state index < -0.39 is 25.6 Å². The molecule has 12 heteroatoms. The Bertz CT molecular complexity index is 1100. The average molecular weight is 435 g/mol. The third-order valence-corrected chi connectivity index (χ3v) is 6.37. The average Bonchev–Trinajstić information content (AvgIpc) is 2.72. The number of hydrogen-bond donors (Lipinski definition) is 1. The molecule has 0 saturated heterocycles. The number of hydrogen-bond acceptors (Lipinski definition) is 8. The largest absolute Gasteiger partial charge is 0.295 e. The molecule has 0 radical (unpaired) electrons. The summed E-state index contributed by atoms with van der Waals surface area (Å²) in [5.41, 5.74) is 2.78. The number of nitrogens with one attached hydrogen (secondary N) is 1. The van der Waals surface area contributed by atoms with E-state index in [9.17, 15) is 28.6 Å². The summed E-state index contributed by atoms with van der Waals surface area (Å²) in [5, 5.41) is 26.4. The monoisotopic (exact) mass is 435 g/mol. The van der Waals surface area contributed by atoms with Gasteiger partial charge in [0, 0.05) is 36.9 Å². The zero-order chi connectivity index (χ0) is 22.5. The second kappa shape index (κ2) is 9.41. The fourth-order valence-electron chi connectivity index (χ4n) is 2.68. The number of hydrazone groups is 1. The van der Waals surface area contributed by atoms with E-state index in [1.807, 2.05) is 0 Å². The lowest BCUT2D eigenvalue weighted by Gasteiger charge is -2.18. The van der Waals surface area contributed by atoms with Crippen LogP contribution in [0.25, 0.3) is 0 Å². The lowest BCUT2D eigenvalue weighted by molar-refractivity contribution is -0.384. The van der Waals surface area contributed by atoms with E-state index in [0.29, 0.717) is 11.3 Å². The molecule has 160 valence electrons. The van der Waals surface area contributed by atoms with Crippen LogP contribution in [-0.4, -0.2) is 41.4 Å². The summed E-state index contributed by atoms with van der Waals surface area (Å²) in [6.45, 7) is 5.41. The SMILES string of the molecule is CCN(CC)S(=O)(=O)c1ccc(N/N=C(\C)c2cccc([N+](=O)[O-])c2)c([N+](=O)[O-])c1. The molecule has 0 aliphatic carbocycles. The van der Waals surface area contributed by atoms with Crippen molar-refractivity contribution in [2.24, 2.45) is 5.10 Å². The minimum atomic E-state index is -3.86. The predicted octanol–water partition coefficient (Wildman–Crippen LogP) is 3.37. The minimum Gasteiger partial charge on any atom is -0.271 e. The highest BCUT2D eigenvalue weighted by molar-refractivity contribution is 7.89. The first-order valence-corrected chi connectivity index (χ1v) is 10.4. The summed E-state index contributed by atoms with van der Waals surface area (Å²) in [5.74, 6) is 0. The van der Waals surface area contributed by atoms with Crippen LogP contribution in [0.15, 0.2) is 52.5 Å². The first-order chi connectivity index (χ1) is 14.1. The lowest BCUT2D eigenvalue weighted by atomic mass is 10.1. The first-order valence-electron chi connectivity index (χ1n) is 8.95. The quantitative estimate of drug-likeness (QED) is 0.360. The zero-order valence-electron chi connectivity index (χ0n) is 16.6. The van der Waals surface area contributed by atoms with E-state index in [0.717, 1.165) is 6.07 Å². The molecule has 11 nitrogen and oxygen atoms in total. The van der Waals surface area contributed by atoms with Crippen molar-refractivity contribution in [3.8, 4) is 0 Å². The molecular weight excluding hydrogens is 414 g/mol. The Morgan fingerprint density at radius 1 is 1.07 bits per heavy atom. The van der Waals surface area contributed by atoms with Gasteiger partial charge in [-0.15, -0.1) is 0 Å². The number of non-ortho nitro benzene ring substituents is 1. The van der Waals surface area contributed by atoms with Gasteiger partial charge in [-0.05, 0) is 19.1 Å². The molecule has 0 aromatic heterocycles. The van der Waals surface area contributed by atoms with Crippen LogP contribution >= 0.6 is 0 Å².